The number of hydrogen-bond donors (Lipinski definition) is 0. The first-order valence-electron chi connectivity index (χ1n) is 4.81. The minimum Gasteiger partial charge on any atom is -0.497 e. The highest BCUT2D eigenvalue weighted by atomic mass is 16.7. The average molecular weight is 193 g/mol. The topological polar surface area (TPSA) is 21.7 Å². The summed E-state index contributed by atoms with van der Waals surface area (Å²) in [6.07, 6.45) is 1.05. The maximum atomic E-state index is 5.39. The van der Waals surface area contributed by atoms with E-state index in [0.717, 1.165) is 18.8 Å². The lowest BCUT2D eigenvalue weighted by Crippen LogP contribution is -2.15. The van der Waals surface area contributed by atoms with Gasteiger partial charge in [-0.05, 0) is 24.1 Å². The van der Waals surface area contributed by atoms with Crippen molar-refractivity contribution < 1.29 is 9.57 Å². The van der Waals surface area contributed by atoms with Crippen LogP contribution in [0.3, 0.4) is 0 Å². The molecular weight excluding hydrogens is 178 g/mol. The zero-order valence-corrected chi connectivity index (χ0v) is 8.56. The van der Waals surface area contributed by atoms with Crippen molar-refractivity contribution in [1.29, 1.82) is 0 Å². The Balaban J connectivity index is 2.22. The zero-order chi connectivity index (χ0) is 9.97. The van der Waals surface area contributed by atoms with Crippen LogP contribution in [0.15, 0.2) is 24.3 Å². The molecule has 0 N–H and O–H groups in total. The predicted octanol–water partition coefficient (Wildman–Crippen LogP) is 2.00. The van der Waals surface area contributed by atoms with E-state index in [-0.39, 0.29) is 0 Å². The Labute approximate surface area is 84.2 Å². The lowest BCUT2D eigenvalue weighted by Gasteiger charge is -2.18. The number of nitrogens with zero attached hydrogens (tertiary/aromatic N) is 1. The van der Waals surface area contributed by atoms with Gasteiger partial charge in [0.25, 0.3) is 0 Å². The number of rotatable bonds is 2. The molecule has 0 spiro atoms. The maximum Gasteiger partial charge on any atom is 0.119 e. The molecule has 1 heterocycles. The van der Waals surface area contributed by atoms with E-state index >= 15 is 0 Å². The SMILES string of the molecule is COc1cccc(C2CCON2C)c1. The highest BCUT2D eigenvalue weighted by Crippen LogP contribution is 2.30. The molecule has 0 aliphatic carbocycles. The van der Waals surface area contributed by atoms with Crippen LogP contribution in [0, 0.1) is 0 Å². The van der Waals surface area contributed by atoms with E-state index in [2.05, 4.69) is 12.1 Å². The highest BCUT2D eigenvalue weighted by Gasteiger charge is 2.23. The van der Waals surface area contributed by atoms with E-state index in [1.807, 2.05) is 24.2 Å². The van der Waals surface area contributed by atoms with Gasteiger partial charge in [0.15, 0.2) is 0 Å². The maximum absolute atomic E-state index is 5.39. The second-order valence-corrected chi connectivity index (χ2v) is 3.46. The van der Waals surface area contributed by atoms with Crippen LogP contribution >= 0.6 is 0 Å². The Morgan fingerprint density at radius 1 is 1.50 bits per heavy atom. The molecule has 0 radical (unpaired) electrons. The predicted molar refractivity (Wildman–Crippen MR) is 54.1 cm³/mol. The summed E-state index contributed by atoms with van der Waals surface area (Å²) in [5.41, 5.74) is 1.25. The lowest BCUT2D eigenvalue weighted by molar-refractivity contribution is -0.110. The standard InChI is InChI=1S/C11H15NO2/c1-12-11(6-7-14-12)9-4-3-5-10(8-9)13-2/h3-5,8,11H,6-7H2,1-2H3. The Morgan fingerprint density at radius 2 is 2.36 bits per heavy atom. The first-order valence-corrected chi connectivity index (χ1v) is 4.81. The molecule has 0 bridgehead atoms. The summed E-state index contributed by atoms with van der Waals surface area (Å²) >= 11 is 0. The van der Waals surface area contributed by atoms with Gasteiger partial charge in [-0.1, -0.05) is 12.1 Å². The normalized spacial score (nSPS) is 22.6. The fraction of sp³-hybridized carbons (Fsp3) is 0.455. The smallest absolute Gasteiger partial charge is 0.119 e. The van der Waals surface area contributed by atoms with Gasteiger partial charge in [-0.15, -0.1) is 0 Å². The van der Waals surface area contributed by atoms with Crippen molar-refractivity contribution in [3.05, 3.63) is 29.8 Å². The highest BCUT2D eigenvalue weighted by molar-refractivity contribution is 5.30. The molecule has 1 aliphatic rings. The van der Waals surface area contributed by atoms with Gasteiger partial charge in [0.2, 0.25) is 0 Å². The first-order chi connectivity index (χ1) is 6.81. The van der Waals surface area contributed by atoms with Crippen molar-refractivity contribution in [2.24, 2.45) is 0 Å². The summed E-state index contributed by atoms with van der Waals surface area (Å²) in [4.78, 5) is 5.39. The number of benzene rings is 1. The molecule has 0 amide bonds. The molecule has 1 fully saturated rings. The fourth-order valence-corrected chi connectivity index (χ4v) is 1.81. The number of hydrogen-bond acceptors (Lipinski definition) is 3. The molecule has 1 unspecified atom stereocenters. The molecule has 14 heavy (non-hydrogen) atoms. The molecular formula is C11H15NO2. The molecule has 3 nitrogen and oxygen atoms in total. The van der Waals surface area contributed by atoms with Gasteiger partial charge in [0, 0.05) is 7.05 Å². The van der Waals surface area contributed by atoms with Crippen LogP contribution in [0.1, 0.15) is 18.0 Å². The third-order valence-corrected chi connectivity index (χ3v) is 2.60. The van der Waals surface area contributed by atoms with Crippen molar-refractivity contribution in [3.63, 3.8) is 0 Å². The van der Waals surface area contributed by atoms with Crippen LogP contribution < -0.4 is 4.74 Å². The second-order valence-electron chi connectivity index (χ2n) is 3.46. The molecule has 2 rings (SSSR count). The molecule has 1 saturated heterocycles. The molecule has 76 valence electrons. The van der Waals surface area contributed by atoms with Gasteiger partial charge in [0.1, 0.15) is 5.75 Å². The van der Waals surface area contributed by atoms with E-state index in [4.69, 9.17) is 9.57 Å². The fourth-order valence-electron chi connectivity index (χ4n) is 1.81. The molecule has 1 aromatic rings. The van der Waals surface area contributed by atoms with Crippen LogP contribution in [0.5, 0.6) is 5.75 Å². The third kappa shape index (κ3) is 1.74. The molecule has 0 saturated carbocycles. The zero-order valence-electron chi connectivity index (χ0n) is 8.56. The van der Waals surface area contributed by atoms with Crippen molar-refractivity contribution in [3.8, 4) is 5.75 Å². The van der Waals surface area contributed by atoms with Gasteiger partial charge in [-0.3, -0.25) is 4.84 Å². The van der Waals surface area contributed by atoms with Crippen LogP contribution in [-0.4, -0.2) is 25.8 Å². The Hall–Kier alpha value is -1.06. The molecule has 1 atom stereocenters. The summed E-state index contributed by atoms with van der Waals surface area (Å²) in [7, 11) is 3.66. The van der Waals surface area contributed by atoms with E-state index in [9.17, 15) is 0 Å². The van der Waals surface area contributed by atoms with Crippen LogP contribution in [0.2, 0.25) is 0 Å². The summed E-state index contributed by atoms with van der Waals surface area (Å²) in [5, 5.41) is 1.91. The van der Waals surface area contributed by atoms with Crippen LogP contribution in [0.25, 0.3) is 0 Å². The summed E-state index contributed by atoms with van der Waals surface area (Å²) < 4.78 is 5.19. The van der Waals surface area contributed by atoms with Crippen molar-refractivity contribution in [2.75, 3.05) is 20.8 Å². The van der Waals surface area contributed by atoms with E-state index in [0.29, 0.717) is 6.04 Å². The average Bonchev–Trinajstić information content (AvgIpc) is 2.65. The number of ether oxygens (including phenoxy) is 1. The molecule has 1 aromatic carbocycles. The summed E-state index contributed by atoms with van der Waals surface area (Å²) in [5.74, 6) is 0.905. The van der Waals surface area contributed by atoms with Crippen molar-refractivity contribution >= 4 is 0 Å². The van der Waals surface area contributed by atoms with Gasteiger partial charge < -0.3 is 4.74 Å². The van der Waals surface area contributed by atoms with Crippen LogP contribution in [0.4, 0.5) is 0 Å². The second kappa shape index (κ2) is 3.98. The Bertz CT molecular complexity index is 314. The van der Waals surface area contributed by atoms with E-state index in [1.54, 1.807) is 7.11 Å². The molecule has 3 heteroatoms. The Morgan fingerprint density at radius 3 is 3.00 bits per heavy atom. The van der Waals surface area contributed by atoms with Gasteiger partial charge in [-0.2, -0.15) is 5.06 Å². The minimum absolute atomic E-state index is 0.366. The quantitative estimate of drug-likeness (QED) is 0.717. The third-order valence-electron chi connectivity index (χ3n) is 2.60. The molecule has 1 aliphatic heterocycles. The summed E-state index contributed by atoms with van der Waals surface area (Å²) in [6.45, 7) is 0.804. The van der Waals surface area contributed by atoms with E-state index in [1.165, 1.54) is 5.56 Å². The number of methoxy groups -OCH3 is 1. The first kappa shape index (κ1) is 9.49. The summed E-state index contributed by atoms with van der Waals surface area (Å²) in [6, 6.07) is 8.51. The van der Waals surface area contributed by atoms with Crippen LogP contribution in [-0.2, 0) is 4.84 Å². The Kier molecular flexibility index (Phi) is 2.70. The van der Waals surface area contributed by atoms with Gasteiger partial charge in [0.05, 0.1) is 19.8 Å². The largest absolute Gasteiger partial charge is 0.497 e. The minimum atomic E-state index is 0.366. The number of hydroxylamine groups is 2. The van der Waals surface area contributed by atoms with E-state index < -0.39 is 0 Å². The molecule has 0 aromatic heterocycles. The van der Waals surface area contributed by atoms with Gasteiger partial charge >= 0.3 is 0 Å². The lowest BCUT2D eigenvalue weighted by atomic mass is 10.0. The van der Waals surface area contributed by atoms with Crippen molar-refractivity contribution in [2.45, 2.75) is 12.5 Å². The monoisotopic (exact) mass is 193 g/mol. The van der Waals surface area contributed by atoms with Crippen molar-refractivity contribution in [1.82, 2.24) is 5.06 Å². The van der Waals surface area contributed by atoms with Gasteiger partial charge in [-0.25, -0.2) is 0 Å².